The van der Waals surface area contributed by atoms with E-state index in [1.165, 1.54) is 7.11 Å². The number of amides is 2. The summed E-state index contributed by atoms with van der Waals surface area (Å²) in [5.74, 6) is 0.0805. The monoisotopic (exact) mass is 380 g/mol. The van der Waals surface area contributed by atoms with Gasteiger partial charge in [0.15, 0.2) is 18.1 Å². The lowest BCUT2D eigenvalue weighted by Crippen LogP contribution is -2.21. The van der Waals surface area contributed by atoms with E-state index in [1.54, 1.807) is 6.07 Å². The van der Waals surface area contributed by atoms with Crippen LogP contribution in [0.2, 0.25) is 0 Å². The molecule has 4 rings (SSSR count). The van der Waals surface area contributed by atoms with Gasteiger partial charge in [0.2, 0.25) is 5.91 Å². The number of benzene rings is 1. The zero-order valence-electron chi connectivity index (χ0n) is 15.3. The van der Waals surface area contributed by atoms with Crippen LogP contribution in [0.1, 0.15) is 29.3 Å². The highest BCUT2D eigenvalue weighted by molar-refractivity contribution is 5.78. The SMILES string of the molecule is COc1cc([C@H]2CC(=O)NCc3nc4ccccn4c32)ccc1OCC(N)=O. The van der Waals surface area contributed by atoms with Crippen molar-refractivity contribution in [3.63, 3.8) is 0 Å². The molecule has 28 heavy (non-hydrogen) atoms. The molecule has 144 valence electrons. The molecule has 0 saturated heterocycles. The Bertz CT molecular complexity index is 1060. The molecule has 0 bridgehead atoms. The molecule has 1 atom stereocenters. The van der Waals surface area contributed by atoms with E-state index in [-0.39, 0.29) is 18.4 Å². The maximum atomic E-state index is 12.3. The van der Waals surface area contributed by atoms with Gasteiger partial charge in [-0.2, -0.15) is 0 Å². The Hall–Kier alpha value is -3.55. The smallest absolute Gasteiger partial charge is 0.255 e. The molecule has 3 N–H and O–H groups in total. The van der Waals surface area contributed by atoms with Crippen LogP contribution < -0.4 is 20.5 Å². The van der Waals surface area contributed by atoms with Gasteiger partial charge in [-0.3, -0.25) is 9.59 Å². The zero-order chi connectivity index (χ0) is 19.7. The van der Waals surface area contributed by atoms with Gasteiger partial charge in [-0.05, 0) is 29.8 Å². The molecule has 2 amide bonds. The predicted molar refractivity (Wildman–Crippen MR) is 101 cm³/mol. The van der Waals surface area contributed by atoms with Gasteiger partial charge in [-0.15, -0.1) is 0 Å². The van der Waals surface area contributed by atoms with Crippen molar-refractivity contribution in [2.45, 2.75) is 18.9 Å². The second kappa shape index (κ2) is 7.22. The number of carbonyl (C=O) groups is 2. The fourth-order valence-corrected chi connectivity index (χ4v) is 3.54. The number of carbonyl (C=O) groups excluding carboxylic acids is 2. The molecular formula is C20H20N4O4. The standard InChI is InChI=1S/C20H20N4O4/c1-27-16-8-12(5-6-15(16)28-11-17(21)25)13-9-19(26)22-10-14-20(13)24-7-3-2-4-18(24)23-14/h2-8,13H,9-11H2,1H3,(H2,21,25)(H,22,26)/t13-/m1/s1. The molecule has 3 aromatic rings. The number of fused-ring (bicyclic) bond motifs is 3. The Morgan fingerprint density at radius 3 is 2.96 bits per heavy atom. The number of ether oxygens (including phenoxy) is 2. The van der Waals surface area contributed by atoms with Crippen LogP contribution in [0.3, 0.4) is 0 Å². The van der Waals surface area contributed by atoms with E-state index in [4.69, 9.17) is 15.2 Å². The molecule has 1 aliphatic heterocycles. The summed E-state index contributed by atoms with van der Waals surface area (Å²) in [7, 11) is 1.52. The topological polar surface area (TPSA) is 108 Å². The number of imidazole rings is 1. The van der Waals surface area contributed by atoms with E-state index >= 15 is 0 Å². The van der Waals surface area contributed by atoms with Crippen molar-refractivity contribution in [2.24, 2.45) is 5.73 Å². The van der Waals surface area contributed by atoms with E-state index < -0.39 is 5.91 Å². The Morgan fingerprint density at radius 2 is 2.18 bits per heavy atom. The molecule has 0 saturated carbocycles. The summed E-state index contributed by atoms with van der Waals surface area (Å²) in [5.41, 5.74) is 8.69. The number of nitrogens with two attached hydrogens (primary N) is 1. The Kier molecular flexibility index (Phi) is 4.60. The van der Waals surface area contributed by atoms with E-state index in [0.29, 0.717) is 24.5 Å². The normalized spacial score (nSPS) is 16.2. The van der Waals surface area contributed by atoms with Crippen molar-refractivity contribution in [3.05, 3.63) is 59.5 Å². The highest BCUT2D eigenvalue weighted by Gasteiger charge is 2.29. The molecule has 0 aliphatic carbocycles. The number of methoxy groups -OCH3 is 1. The van der Waals surface area contributed by atoms with Crippen LogP contribution >= 0.6 is 0 Å². The van der Waals surface area contributed by atoms with Gasteiger partial charge in [-0.1, -0.05) is 12.1 Å². The van der Waals surface area contributed by atoms with Crippen molar-refractivity contribution in [3.8, 4) is 11.5 Å². The number of nitrogens with one attached hydrogen (secondary N) is 1. The maximum absolute atomic E-state index is 12.3. The molecular weight excluding hydrogens is 360 g/mol. The molecule has 8 nitrogen and oxygen atoms in total. The largest absolute Gasteiger partial charge is 0.493 e. The summed E-state index contributed by atoms with van der Waals surface area (Å²) in [6, 6.07) is 11.2. The van der Waals surface area contributed by atoms with Crippen molar-refractivity contribution >= 4 is 17.5 Å². The van der Waals surface area contributed by atoms with Gasteiger partial charge in [0.25, 0.3) is 5.91 Å². The van der Waals surface area contributed by atoms with Gasteiger partial charge in [0, 0.05) is 18.5 Å². The summed E-state index contributed by atoms with van der Waals surface area (Å²) >= 11 is 0. The van der Waals surface area contributed by atoms with Crippen molar-refractivity contribution < 1.29 is 19.1 Å². The molecule has 1 aromatic carbocycles. The van der Waals surface area contributed by atoms with Gasteiger partial charge in [0.05, 0.1) is 25.0 Å². The third-order valence-corrected chi connectivity index (χ3v) is 4.78. The first-order chi connectivity index (χ1) is 13.6. The minimum Gasteiger partial charge on any atom is -0.493 e. The van der Waals surface area contributed by atoms with E-state index in [2.05, 4.69) is 10.3 Å². The summed E-state index contributed by atoms with van der Waals surface area (Å²) in [4.78, 5) is 28.0. The lowest BCUT2D eigenvalue weighted by Gasteiger charge is -2.18. The van der Waals surface area contributed by atoms with Crippen molar-refractivity contribution in [1.29, 1.82) is 0 Å². The molecule has 0 unspecified atom stereocenters. The van der Waals surface area contributed by atoms with Gasteiger partial charge in [-0.25, -0.2) is 4.98 Å². The first-order valence-electron chi connectivity index (χ1n) is 8.88. The minimum absolute atomic E-state index is 0.0410. The number of aromatic nitrogens is 2. The van der Waals surface area contributed by atoms with Crippen LogP contribution in [0.25, 0.3) is 5.65 Å². The van der Waals surface area contributed by atoms with E-state index in [9.17, 15) is 9.59 Å². The van der Waals surface area contributed by atoms with Crippen LogP contribution in [0.5, 0.6) is 11.5 Å². The maximum Gasteiger partial charge on any atom is 0.255 e. The summed E-state index contributed by atoms with van der Waals surface area (Å²) < 4.78 is 12.8. The number of rotatable bonds is 5. The number of primary amides is 1. The van der Waals surface area contributed by atoms with Gasteiger partial charge < -0.3 is 24.9 Å². The van der Waals surface area contributed by atoms with Crippen LogP contribution in [-0.4, -0.2) is 34.9 Å². The summed E-state index contributed by atoms with van der Waals surface area (Å²) in [5, 5.41) is 2.91. The average molecular weight is 380 g/mol. The quantitative estimate of drug-likeness (QED) is 0.695. The predicted octanol–water partition coefficient (Wildman–Crippen LogP) is 1.36. The molecule has 0 fully saturated rings. The highest BCUT2D eigenvalue weighted by atomic mass is 16.5. The Balaban J connectivity index is 1.79. The van der Waals surface area contributed by atoms with E-state index in [1.807, 2.05) is 40.9 Å². The summed E-state index contributed by atoms with van der Waals surface area (Å²) in [6.45, 7) is 0.155. The van der Waals surface area contributed by atoms with Crippen molar-refractivity contribution in [2.75, 3.05) is 13.7 Å². The Morgan fingerprint density at radius 1 is 1.32 bits per heavy atom. The lowest BCUT2D eigenvalue weighted by molar-refractivity contribution is -0.121. The number of pyridine rings is 1. The molecule has 0 spiro atoms. The number of hydrogen-bond donors (Lipinski definition) is 2. The fourth-order valence-electron chi connectivity index (χ4n) is 3.54. The van der Waals surface area contributed by atoms with Crippen molar-refractivity contribution in [1.82, 2.24) is 14.7 Å². The minimum atomic E-state index is -0.568. The van der Waals surface area contributed by atoms with Crippen LogP contribution in [0, 0.1) is 0 Å². The van der Waals surface area contributed by atoms with E-state index in [0.717, 1.165) is 22.6 Å². The second-order valence-electron chi connectivity index (χ2n) is 6.57. The second-order valence-corrected chi connectivity index (χ2v) is 6.57. The van der Waals surface area contributed by atoms with Crippen LogP contribution in [0.4, 0.5) is 0 Å². The van der Waals surface area contributed by atoms with Crippen LogP contribution in [0.15, 0.2) is 42.6 Å². The van der Waals surface area contributed by atoms with Gasteiger partial charge in [0.1, 0.15) is 5.65 Å². The first-order valence-corrected chi connectivity index (χ1v) is 8.88. The van der Waals surface area contributed by atoms with Gasteiger partial charge >= 0.3 is 0 Å². The molecule has 3 heterocycles. The number of hydrogen-bond acceptors (Lipinski definition) is 5. The zero-order valence-corrected chi connectivity index (χ0v) is 15.3. The molecule has 0 radical (unpaired) electrons. The molecule has 2 aromatic heterocycles. The molecule has 1 aliphatic rings. The third kappa shape index (κ3) is 3.24. The summed E-state index contributed by atoms with van der Waals surface area (Å²) in [6.07, 6.45) is 2.24. The van der Waals surface area contributed by atoms with Crippen LogP contribution in [-0.2, 0) is 16.1 Å². The Labute approximate surface area is 161 Å². The lowest BCUT2D eigenvalue weighted by atomic mass is 9.91. The highest BCUT2D eigenvalue weighted by Crippen LogP contribution is 2.37. The average Bonchev–Trinajstić information content (AvgIpc) is 2.98. The third-order valence-electron chi connectivity index (χ3n) is 4.78. The first kappa shape index (κ1) is 17.8. The fraction of sp³-hybridized carbons (Fsp3) is 0.250. The molecule has 8 heteroatoms. The number of nitrogens with zero attached hydrogens (tertiary/aromatic N) is 2.